The van der Waals surface area contributed by atoms with Gasteiger partial charge in [-0.3, -0.25) is 9.59 Å². The molecule has 0 spiro atoms. The summed E-state index contributed by atoms with van der Waals surface area (Å²) >= 11 is 0. The number of unbranched alkanes of at least 4 members (excludes halogenated alkanes) is 17. The third-order valence-electron chi connectivity index (χ3n) is 10.4. The zero-order valence-corrected chi connectivity index (χ0v) is 39.1. The van der Waals surface area contributed by atoms with E-state index in [0.29, 0.717) is 19.3 Å². The predicted molar refractivity (Wildman–Crippen MR) is 252 cm³/mol. The molecule has 60 heavy (non-hydrogen) atoms. The quantitative estimate of drug-likeness (QED) is 0.0215. The van der Waals surface area contributed by atoms with Crippen molar-refractivity contribution >= 4 is 17.9 Å². The van der Waals surface area contributed by atoms with Crippen molar-refractivity contribution in [1.82, 2.24) is 0 Å². The van der Waals surface area contributed by atoms with Crippen LogP contribution in [-0.4, -0.2) is 80.6 Å². The summed E-state index contributed by atoms with van der Waals surface area (Å²) in [6, 6.07) is -0.628. The lowest BCUT2D eigenvalue weighted by Crippen LogP contribution is -2.50. The molecule has 2 atom stereocenters. The molecule has 0 aliphatic rings. The predicted octanol–water partition coefficient (Wildman–Crippen LogP) is 13.5. The van der Waals surface area contributed by atoms with Crippen molar-refractivity contribution in [2.24, 2.45) is 0 Å². The van der Waals surface area contributed by atoms with Crippen LogP contribution in [0, 0.1) is 0 Å². The highest BCUT2D eigenvalue weighted by molar-refractivity contribution is 5.72. The maximum absolute atomic E-state index is 12.7. The summed E-state index contributed by atoms with van der Waals surface area (Å²) in [7, 11) is 5.51. The molecule has 8 nitrogen and oxygen atoms in total. The fourth-order valence-corrected chi connectivity index (χ4v) is 6.60. The van der Waals surface area contributed by atoms with Crippen molar-refractivity contribution in [1.29, 1.82) is 0 Å². The lowest BCUT2D eigenvalue weighted by Gasteiger charge is -2.31. The molecule has 0 aromatic rings. The van der Waals surface area contributed by atoms with E-state index in [9.17, 15) is 19.5 Å². The minimum absolute atomic E-state index is 0.0353. The summed E-state index contributed by atoms with van der Waals surface area (Å²) < 4.78 is 17.3. The second kappa shape index (κ2) is 42.5. The van der Waals surface area contributed by atoms with E-state index in [-0.39, 0.29) is 42.7 Å². The summed E-state index contributed by atoms with van der Waals surface area (Å²) in [6.07, 6.45) is 53.8. The third-order valence-corrected chi connectivity index (χ3v) is 10.4. The van der Waals surface area contributed by atoms with Crippen LogP contribution in [0.1, 0.15) is 187 Å². The Morgan fingerprint density at radius 1 is 0.517 bits per heavy atom. The highest BCUT2D eigenvalue weighted by Crippen LogP contribution is 2.14. The Bertz CT molecular complexity index is 1210. The van der Waals surface area contributed by atoms with Gasteiger partial charge in [-0.2, -0.15) is 0 Å². The summed E-state index contributed by atoms with van der Waals surface area (Å²) in [5.41, 5.74) is 0. The summed E-state index contributed by atoms with van der Waals surface area (Å²) in [4.78, 5) is 37.1. The average molecular weight is 841 g/mol. The monoisotopic (exact) mass is 841 g/mol. The van der Waals surface area contributed by atoms with Gasteiger partial charge in [-0.1, -0.05) is 164 Å². The van der Waals surface area contributed by atoms with Crippen molar-refractivity contribution in [3.63, 3.8) is 0 Å². The standard InChI is InChI=1S/C52H89NO7/c1-6-8-10-12-14-16-18-20-22-24-25-27-28-30-32-34-36-38-40-42-50(54)59-47-48(46-58-45-44-49(52(56)57)53(3,4)5)60-51(55)43-41-39-37-35-33-31-29-26-23-21-19-17-15-13-11-9-7-2/h14-18,20-21,23,29,31,35,37,48-49H,6-13,19,22,24-28,30,32-34,36,38-47H2,1-5H3/p+1/b16-14+,17-15+,20-18+,23-21+,31-29+,37-35+. The van der Waals surface area contributed by atoms with E-state index >= 15 is 0 Å². The van der Waals surface area contributed by atoms with E-state index in [2.05, 4.69) is 86.8 Å². The number of aliphatic carboxylic acids is 1. The van der Waals surface area contributed by atoms with Gasteiger partial charge in [0.2, 0.25) is 0 Å². The Balaban J connectivity index is 4.39. The van der Waals surface area contributed by atoms with Crippen LogP contribution in [0.25, 0.3) is 0 Å². The molecule has 0 fully saturated rings. The maximum Gasteiger partial charge on any atom is 0.362 e. The fourth-order valence-electron chi connectivity index (χ4n) is 6.60. The van der Waals surface area contributed by atoms with Gasteiger partial charge in [0.05, 0.1) is 34.4 Å². The third kappa shape index (κ3) is 40.2. The molecule has 0 radical (unpaired) electrons. The molecule has 0 aliphatic heterocycles. The largest absolute Gasteiger partial charge is 0.477 e. The van der Waals surface area contributed by atoms with Gasteiger partial charge < -0.3 is 23.8 Å². The number of ether oxygens (including phenoxy) is 3. The van der Waals surface area contributed by atoms with Gasteiger partial charge in [-0.05, 0) is 77.0 Å². The van der Waals surface area contributed by atoms with Crippen LogP contribution in [-0.2, 0) is 28.6 Å². The molecule has 0 aliphatic carbocycles. The minimum atomic E-state index is -0.886. The number of rotatable bonds is 42. The topological polar surface area (TPSA) is 99.1 Å². The lowest BCUT2D eigenvalue weighted by molar-refractivity contribution is -0.887. The van der Waals surface area contributed by atoms with Gasteiger partial charge >= 0.3 is 17.9 Å². The molecule has 0 rings (SSSR count). The summed E-state index contributed by atoms with van der Waals surface area (Å²) in [5.74, 6) is -1.55. The molecule has 0 bridgehead atoms. The van der Waals surface area contributed by atoms with E-state index in [1.54, 1.807) is 0 Å². The Labute approximate surface area is 368 Å². The molecule has 2 unspecified atom stereocenters. The van der Waals surface area contributed by atoms with Crippen molar-refractivity contribution < 1.29 is 38.2 Å². The molecule has 344 valence electrons. The fraction of sp³-hybridized carbons (Fsp3) is 0.712. The van der Waals surface area contributed by atoms with Crippen LogP contribution >= 0.6 is 0 Å². The Hall–Kier alpha value is -3.23. The number of carbonyl (C=O) groups is 3. The van der Waals surface area contributed by atoms with Gasteiger partial charge in [0.1, 0.15) is 6.61 Å². The van der Waals surface area contributed by atoms with Crippen molar-refractivity contribution in [3.05, 3.63) is 72.9 Å². The van der Waals surface area contributed by atoms with Gasteiger partial charge in [-0.25, -0.2) is 4.79 Å². The number of carbonyl (C=O) groups excluding carboxylic acids is 2. The second-order valence-electron chi connectivity index (χ2n) is 17.0. The van der Waals surface area contributed by atoms with E-state index in [1.807, 2.05) is 21.1 Å². The number of carboxylic acid groups (broad SMARTS) is 1. The molecule has 8 heteroatoms. The van der Waals surface area contributed by atoms with Gasteiger partial charge in [0.15, 0.2) is 12.1 Å². The molecular weight excluding hydrogens is 751 g/mol. The molecular formula is C52H90NO7+. The number of hydrogen-bond acceptors (Lipinski definition) is 6. The number of allylic oxidation sites excluding steroid dienone is 12. The zero-order valence-electron chi connectivity index (χ0n) is 39.1. The minimum Gasteiger partial charge on any atom is -0.477 e. The molecule has 0 aromatic heterocycles. The van der Waals surface area contributed by atoms with E-state index in [1.165, 1.54) is 103 Å². The first-order chi connectivity index (χ1) is 29.1. The van der Waals surface area contributed by atoms with Crippen molar-refractivity contribution in [2.75, 3.05) is 41.0 Å². The molecule has 0 heterocycles. The van der Waals surface area contributed by atoms with Gasteiger partial charge in [0, 0.05) is 19.3 Å². The Kier molecular flexibility index (Phi) is 40.2. The molecule has 0 amide bonds. The normalized spacial score (nSPS) is 13.6. The first kappa shape index (κ1) is 56.8. The number of hydrogen-bond donors (Lipinski definition) is 1. The van der Waals surface area contributed by atoms with Crippen molar-refractivity contribution in [3.8, 4) is 0 Å². The number of carboxylic acids is 1. The molecule has 0 saturated carbocycles. The number of nitrogens with zero attached hydrogens (tertiary/aromatic N) is 1. The second-order valence-corrected chi connectivity index (χ2v) is 17.0. The van der Waals surface area contributed by atoms with E-state index in [4.69, 9.17) is 14.2 Å². The van der Waals surface area contributed by atoms with Crippen molar-refractivity contribution in [2.45, 2.75) is 199 Å². The van der Waals surface area contributed by atoms with Gasteiger partial charge in [-0.15, -0.1) is 0 Å². The van der Waals surface area contributed by atoms with Crippen LogP contribution < -0.4 is 0 Å². The number of quaternary nitrogens is 1. The number of likely N-dealkylation sites (N-methyl/N-ethyl adjacent to an activating group) is 1. The van der Waals surface area contributed by atoms with E-state index in [0.717, 1.165) is 44.9 Å². The lowest BCUT2D eigenvalue weighted by atomic mass is 10.1. The highest BCUT2D eigenvalue weighted by atomic mass is 16.6. The van der Waals surface area contributed by atoms with Crippen LogP contribution in [0.3, 0.4) is 0 Å². The van der Waals surface area contributed by atoms with E-state index < -0.39 is 18.1 Å². The molecule has 1 N–H and O–H groups in total. The SMILES string of the molecule is CCCCC/C=C/C=C/CCCCCCCCCCCCC(=O)OCC(COCCC(C(=O)O)[N+](C)(C)C)OC(=O)CCC/C=C/C/C=C/C/C=C/C/C=C/CCCCC. The zero-order chi connectivity index (χ0) is 44.2. The van der Waals surface area contributed by atoms with Crippen LogP contribution in [0.15, 0.2) is 72.9 Å². The maximum atomic E-state index is 12.7. The Morgan fingerprint density at radius 2 is 0.950 bits per heavy atom. The smallest absolute Gasteiger partial charge is 0.362 e. The Morgan fingerprint density at radius 3 is 1.45 bits per heavy atom. The molecule has 0 saturated heterocycles. The first-order valence-corrected chi connectivity index (χ1v) is 24.0. The highest BCUT2D eigenvalue weighted by Gasteiger charge is 2.31. The number of esters is 2. The van der Waals surface area contributed by atoms with Crippen LogP contribution in [0.2, 0.25) is 0 Å². The van der Waals surface area contributed by atoms with Crippen LogP contribution in [0.4, 0.5) is 0 Å². The molecule has 0 aromatic carbocycles. The summed E-state index contributed by atoms with van der Waals surface area (Å²) in [6.45, 7) is 4.62. The summed E-state index contributed by atoms with van der Waals surface area (Å²) in [5, 5.41) is 9.63. The van der Waals surface area contributed by atoms with Crippen LogP contribution in [0.5, 0.6) is 0 Å². The average Bonchev–Trinajstić information content (AvgIpc) is 3.21. The first-order valence-electron chi connectivity index (χ1n) is 24.0. The van der Waals surface area contributed by atoms with Gasteiger partial charge in [0.25, 0.3) is 0 Å².